The molecule has 3 rings (SSSR count). The second-order valence-electron chi connectivity index (χ2n) is 6.67. The average molecular weight is 259 g/mol. The third-order valence-electron chi connectivity index (χ3n) is 5.09. The number of fused-ring (bicyclic) bond motifs is 2. The van der Waals surface area contributed by atoms with Crippen LogP contribution in [0, 0.1) is 29.6 Å². The minimum Gasteiger partial charge on any atom is -0.378 e. The summed E-state index contributed by atoms with van der Waals surface area (Å²) in [5.74, 6) is 8.00. The van der Waals surface area contributed by atoms with Gasteiger partial charge in [0.25, 0.3) is 0 Å². The lowest BCUT2D eigenvalue weighted by Gasteiger charge is -2.30. The average Bonchev–Trinajstić information content (AvgIpc) is 3.02. The van der Waals surface area contributed by atoms with Crippen LogP contribution in [0.2, 0.25) is 0 Å². The highest BCUT2D eigenvalue weighted by Crippen LogP contribution is 2.47. The molecule has 0 aromatic rings. The quantitative estimate of drug-likeness (QED) is 0.608. The minimum absolute atomic E-state index is 0.344. The van der Waals surface area contributed by atoms with Crippen LogP contribution in [-0.2, 0) is 0 Å². The topological polar surface area (TPSA) is 23.5 Å². The van der Waals surface area contributed by atoms with E-state index in [0.717, 1.165) is 13.0 Å². The normalized spacial score (nSPS) is 36.8. The van der Waals surface area contributed by atoms with E-state index in [-0.39, 0.29) is 0 Å². The Kier molecular flexibility index (Phi) is 3.69. The fraction of sp³-hybridized carbons (Fsp3) is 0.765. The zero-order valence-corrected chi connectivity index (χ0v) is 11.9. The van der Waals surface area contributed by atoms with Crippen molar-refractivity contribution in [3.63, 3.8) is 0 Å². The SMILES string of the molecule is C[C@@](O)(C#CCN1CCCCC1)[C@H]1C[C@@H]2C=C[C@@H]1C2. The maximum absolute atomic E-state index is 10.6. The highest BCUT2D eigenvalue weighted by atomic mass is 16.3. The van der Waals surface area contributed by atoms with Crippen LogP contribution < -0.4 is 0 Å². The number of nitrogens with zero attached hydrogens (tertiary/aromatic N) is 1. The van der Waals surface area contributed by atoms with Crippen molar-refractivity contribution in [2.24, 2.45) is 17.8 Å². The number of likely N-dealkylation sites (tertiary alicyclic amines) is 1. The van der Waals surface area contributed by atoms with Gasteiger partial charge in [0.15, 0.2) is 0 Å². The van der Waals surface area contributed by atoms with Gasteiger partial charge in [0.2, 0.25) is 0 Å². The van der Waals surface area contributed by atoms with Crippen molar-refractivity contribution >= 4 is 0 Å². The molecule has 3 aliphatic rings. The van der Waals surface area contributed by atoms with Gasteiger partial charge in [-0.25, -0.2) is 0 Å². The van der Waals surface area contributed by atoms with Gasteiger partial charge < -0.3 is 5.11 Å². The Labute approximate surface area is 116 Å². The van der Waals surface area contributed by atoms with E-state index in [1.165, 1.54) is 38.8 Å². The van der Waals surface area contributed by atoms with Gasteiger partial charge in [-0.2, -0.15) is 0 Å². The fourth-order valence-electron chi connectivity index (χ4n) is 3.97. The highest BCUT2D eigenvalue weighted by molar-refractivity contribution is 5.22. The van der Waals surface area contributed by atoms with Crippen LogP contribution in [0.4, 0.5) is 0 Å². The summed E-state index contributed by atoms with van der Waals surface area (Å²) in [6.45, 7) is 5.09. The smallest absolute Gasteiger partial charge is 0.126 e. The second-order valence-corrected chi connectivity index (χ2v) is 6.67. The lowest BCUT2D eigenvalue weighted by Crippen LogP contribution is -2.36. The molecule has 19 heavy (non-hydrogen) atoms. The van der Waals surface area contributed by atoms with E-state index in [9.17, 15) is 5.11 Å². The largest absolute Gasteiger partial charge is 0.378 e. The van der Waals surface area contributed by atoms with Crippen molar-refractivity contribution in [2.45, 2.75) is 44.6 Å². The number of piperidine rings is 1. The van der Waals surface area contributed by atoms with Crippen molar-refractivity contribution in [1.29, 1.82) is 0 Å². The van der Waals surface area contributed by atoms with Gasteiger partial charge >= 0.3 is 0 Å². The maximum Gasteiger partial charge on any atom is 0.126 e. The Morgan fingerprint density at radius 1 is 1.21 bits per heavy atom. The predicted molar refractivity (Wildman–Crippen MR) is 77.5 cm³/mol. The molecule has 2 bridgehead atoms. The molecule has 0 amide bonds. The zero-order chi connectivity index (χ0) is 13.3. The Bertz CT molecular complexity index is 409. The third-order valence-corrected chi connectivity index (χ3v) is 5.09. The summed E-state index contributed by atoms with van der Waals surface area (Å²) in [7, 11) is 0. The number of rotatable bonds is 2. The van der Waals surface area contributed by atoms with E-state index in [0.29, 0.717) is 17.8 Å². The minimum atomic E-state index is -0.806. The molecule has 0 aromatic heterocycles. The van der Waals surface area contributed by atoms with Crippen LogP contribution in [0.3, 0.4) is 0 Å². The molecule has 2 fully saturated rings. The Balaban J connectivity index is 1.57. The van der Waals surface area contributed by atoms with Gasteiger partial charge in [0.05, 0.1) is 6.54 Å². The summed E-state index contributed by atoms with van der Waals surface area (Å²) in [6, 6.07) is 0. The van der Waals surface area contributed by atoms with E-state index < -0.39 is 5.60 Å². The maximum atomic E-state index is 10.6. The summed E-state index contributed by atoms with van der Waals surface area (Å²) in [6.07, 6.45) is 10.9. The molecule has 4 atom stereocenters. The number of aliphatic hydroxyl groups is 1. The van der Waals surface area contributed by atoms with Gasteiger partial charge in [-0.05, 0) is 57.5 Å². The van der Waals surface area contributed by atoms with Crippen LogP contribution in [0.1, 0.15) is 39.0 Å². The lowest BCUT2D eigenvalue weighted by atomic mass is 9.80. The molecule has 0 aromatic carbocycles. The first kappa shape index (κ1) is 13.2. The molecule has 1 aliphatic heterocycles. The molecule has 2 nitrogen and oxygen atoms in total. The third kappa shape index (κ3) is 2.88. The van der Waals surface area contributed by atoms with Crippen molar-refractivity contribution in [3.05, 3.63) is 12.2 Å². The summed E-state index contributed by atoms with van der Waals surface area (Å²) >= 11 is 0. The molecule has 0 spiro atoms. The van der Waals surface area contributed by atoms with Crippen LogP contribution in [0.25, 0.3) is 0 Å². The molecule has 0 radical (unpaired) electrons. The Hall–Kier alpha value is -0.780. The summed E-state index contributed by atoms with van der Waals surface area (Å²) in [5, 5.41) is 10.6. The van der Waals surface area contributed by atoms with E-state index in [2.05, 4.69) is 28.9 Å². The number of hydrogen-bond donors (Lipinski definition) is 1. The van der Waals surface area contributed by atoms with Gasteiger partial charge in [-0.1, -0.05) is 30.4 Å². The van der Waals surface area contributed by atoms with Gasteiger partial charge in [0, 0.05) is 5.92 Å². The van der Waals surface area contributed by atoms with Crippen molar-refractivity contribution in [2.75, 3.05) is 19.6 Å². The van der Waals surface area contributed by atoms with E-state index in [1.807, 2.05) is 6.92 Å². The lowest BCUT2D eigenvalue weighted by molar-refractivity contribution is 0.0431. The highest BCUT2D eigenvalue weighted by Gasteiger charge is 2.44. The molecule has 1 saturated carbocycles. The number of allylic oxidation sites excluding steroid dienone is 2. The number of hydrogen-bond acceptors (Lipinski definition) is 2. The molecular formula is C17H25NO. The molecular weight excluding hydrogens is 234 g/mol. The summed E-state index contributed by atoms with van der Waals surface area (Å²) < 4.78 is 0. The second kappa shape index (κ2) is 5.31. The predicted octanol–water partition coefficient (Wildman–Crippen LogP) is 2.44. The van der Waals surface area contributed by atoms with Crippen molar-refractivity contribution in [3.8, 4) is 11.8 Å². The first-order chi connectivity index (χ1) is 9.15. The van der Waals surface area contributed by atoms with E-state index in [1.54, 1.807) is 0 Å². The molecule has 2 heteroatoms. The molecule has 1 heterocycles. The molecule has 2 aliphatic carbocycles. The standard InChI is InChI=1S/C17H25NO/c1-17(19,16-13-14-6-7-15(16)12-14)8-5-11-18-9-3-2-4-10-18/h6-7,14-16,19H,2-4,9-13H2,1H3/t14-,15-,16+,17-/m1/s1. The van der Waals surface area contributed by atoms with Gasteiger partial charge in [0.1, 0.15) is 5.60 Å². The summed E-state index contributed by atoms with van der Waals surface area (Å²) in [4.78, 5) is 2.41. The zero-order valence-electron chi connectivity index (χ0n) is 11.9. The van der Waals surface area contributed by atoms with Crippen molar-refractivity contribution in [1.82, 2.24) is 4.90 Å². The first-order valence-corrected chi connectivity index (χ1v) is 7.78. The molecule has 1 N–H and O–H groups in total. The molecule has 1 saturated heterocycles. The molecule has 0 unspecified atom stereocenters. The van der Waals surface area contributed by atoms with Crippen LogP contribution in [-0.4, -0.2) is 35.2 Å². The van der Waals surface area contributed by atoms with Crippen LogP contribution >= 0.6 is 0 Å². The van der Waals surface area contributed by atoms with Crippen LogP contribution in [0.5, 0.6) is 0 Å². The Morgan fingerprint density at radius 2 is 2.00 bits per heavy atom. The van der Waals surface area contributed by atoms with E-state index in [4.69, 9.17) is 0 Å². The van der Waals surface area contributed by atoms with Crippen molar-refractivity contribution < 1.29 is 5.11 Å². The van der Waals surface area contributed by atoms with Crippen LogP contribution in [0.15, 0.2) is 12.2 Å². The summed E-state index contributed by atoms with van der Waals surface area (Å²) in [5.41, 5.74) is -0.806. The van der Waals surface area contributed by atoms with Gasteiger partial charge in [-0.3, -0.25) is 4.90 Å². The molecule has 104 valence electrons. The monoisotopic (exact) mass is 259 g/mol. The van der Waals surface area contributed by atoms with Gasteiger partial charge in [-0.15, -0.1) is 0 Å². The fourth-order valence-corrected chi connectivity index (χ4v) is 3.97. The Morgan fingerprint density at radius 3 is 2.63 bits per heavy atom. The first-order valence-electron chi connectivity index (χ1n) is 7.78. The van der Waals surface area contributed by atoms with E-state index >= 15 is 0 Å².